The molecule has 0 bridgehead atoms. The van der Waals surface area contributed by atoms with Crippen molar-refractivity contribution in [2.45, 2.75) is 258 Å². The standard InChI is InChI=1S/C73H114O6/c1-4-7-10-13-16-19-22-25-28-30-32-34-35-36-37-39-40-42-45-48-51-54-57-60-63-66-72(75)78-69-70(68-77-71(74)65-62-59-56-53-50-47-44-27-24-21-18-15-12-9-6-3)79-73(76)67-64-61-58-55-52-49-46-43-41-38-33-31-29-26-23-20-17-14-11-8-5-2/h7-12,16-21,25-29,32-34,36-38,43-44,46,52,55,70H,4-6,13-15,22-24,30-31,35,39-42,45,47-51,53-54,56-69H2,1-3H3/b10-7-,11-8-,12-9-,19-16-,20-17-,21-18-,28-25-,29-26-,34-32-,37-36-,38-33-,44-27-,46-43-,55-52-. The molecule has 0 fully saturated rings. The smallest absolute Gasteiger partial charge is 0.306 e. The van der Waals surface area contributed by atoms with Gasteiger partial charge in [-0.2, -0.15) is 0 Å². The maximum Gasteiger partial charge on any atom is 0.306 e. The highest BCUT2D eigenvalue weighted by Crippen LogP contribution is 2.14. The molecule has 0 aromatic heterocycles. The molecule has 0 aliphatic carbocycles. The zero-order valence-corrected chi connectivity index (χ0v) is 50.6. The largest absolute Gasteiger partial charge is 0.462 e. The van der Waals surface area contributed by atoms with Crippen LogP contribution < -0.4 is 0 Å². The van der Waals surface area contributed by atoms with Crippen molar-refractivity contribution in [2.24, 2.45) is 0 Å². The zero-order chi connectivity index (χ0) is 57.1. The summed E-state index contributed by atoms with van der Waals surface area (Å²) < 4.78 is 16.9. The highest BCUT2D eigenvalue weighted by atomic mass is 16.6. The van der Waals surface area contributed by atoms with Crippen LogP contribution in [0.2, 0.25) is 0 Å². The normalized spacial score (nSPS) is 13.3. The van der Waals surface area contributed by atoms with Crippen molar-refractivity contribution in [3.63, 3.8) is 0 Å². The van der Waals surface area contributed by atoms with Crippen molar-refractivity contribution < 1.29 is 28.6 Å². The second kappa shape index (κ2) is 65.3. The molecule has 79 heavy (non-hydrogen) atoms. The summed E-state index contributed by atoms with van der Waals surface area (Å²) in [5, 5.41) is 0. The SMILES string of the molecule is CC/C=C\C/C=C\C/C=C\C/C=C\C/C=C\C/C=C\CCCCC(=O)OC(COC(=O)CCCCCCC/C=C\C/C=C\C/C=C\CC)COC(=O)CCCCCCCCCCC/C=C\C/C=C\C/C=C\C/C=C\C/C=C\CC. The predicted molar refractivity (Wildman–Crippen MR) is 343 cm³/mol. The molecule has 0 aromatic carbocycles. The van der Waals surface area contributed by atoms with Crippen molar-refractivity contribution >= 4 is 17.9 Å². The number of hydrogen-bond donors (Lipinski definition) is 0. The van der Waals surface area contributed by atoms with Gasteiger partial charge in [0.1, 0.15) is 13.2 Å². The van der Waals surface area contributed by atoms with Crippen LogP contribution in [-0.4, -0.2) is 37.2 Å². The van der Waals surface area contributed by atoms with E-state index in [1.54, 1.807) is 0 Å². The summed E-state index contributed by atoms with van der Waals surface area (Å²) in [5.74, 6) is -0.985. The molecule has 0 aliphatic rings. The molecule has 0 spiro atoms. The Bertz CT molecular complexity index is 1820. The average Bonchev–Trinajstić information content (AvgIpc) is 3.45. The fourth-order valence-corrected chi connectivity index (χ4v) is 8.07. The quantitative estimate of drug-likeness (QED) is 0.0261. The molecule has 0 radical (unpaired) electrons. The fraction of sp³-hybridized carbons (Fsp3) is 0.575. The van der Waals surface area contributed by atoms with E-state index in [0.29, 0.717) is 19.3 Å². The van der Waals surface area contributed by atoms with Crippen molar-refractivity contribution in [3.8, 4) is 0 Å². The minimum absolute atomic E-state index is 0.113. The molecule has 6 nitrogen and oxygen atoms in total. The van der Waals surface area contributed by atoms with Gasteiger partial charge >= 0.3 is 17.9 Å². The lowest BCUT2D eigenvalue weighted by atomic mass is 10.1. The van der Waals surface area contributed by atoms with E-state index in [9.17, 15) is 14.4 Å². The van der Waals surface area contributed by atoms with Gasteiger partial charge in [-0.05, 0) is 148 Å². The molecule has 0 saturated heterocycles. The summed E-state index contributed by atoms with van der Waals surface area (Å²) in [4.78, 5) is 38.3. The second-order valence-corrected chi connectivity index (χ2v) is 20.2. The topological polar surface area (TPSA) is 78.9 Å². The third-order valence-electron chi connectivity index (χ3n) is 12.7. The van der Waals surface area contributed by atoms with Crippen LogP contribution in [0.1, 0.15) is 252 Å². The molecule has 0 heterocycles. The Balaban J connectivity index is 4.49. The van der Waals surface area contributed by atoms with Crippen LogP contribution in [0.4, 0.5) is 0 Å². The van der Waals surface area contributed by atoms with Gasteiger partial charge in [0.2, 0.25) is 0 Å². The summed E-state index contributed by atoms with van der Waals surface area (Å²) in [7, 11) is 0. The highest BCUT2D eigenvalue weighted by Gasteiger charge is 2.19. The monoisotopic (exact) mass is 1090 g/mol. The van der Waals surface area contributed by atoms with Crippen LogP contribution in [-0.2, 0) is 28.6 Å². The zero-order valence-electron chi connectivity index (χ0n) is 50.6. The molecule has 442 valence electrons. The number of carbonyl (C=O) groups is 3. The van der Waals surface area contributed by atoms with Gasteiger partial charge in [0, 0.05) is 19.3 Å². The number of esters is 3. The second-order valence-electron chi connectivity index (χ2n) is 20.2. The van der Waals surface area contributed by atoms with E-state index in [1.165, 1.54) is 38.5 Å². The number of unbranched alkanes of at least 4 members (excludes halogenated alkanes) is 16. The Labute approximate surface area is 485 Å². The number of allylic oxidation sites excluding steroid dienone is 28. The lowest BCUT2D eigenvalue weighted by molar-refractivity contribution is -0.167. The van der Waals surface area contributed by atoms with E-state index in [4.69, 9.17) is 14.2 Å². The van der Waals surface area contributed by atoms with Crippen LogP contribution in [0.5, 0.6) is 0 Å². The number of carbonyl (C=O) groups excluding carboxylic acids is 3. The molecule has 0 saturated carbocycles. The Kier molecular flexibility index (Phi) is 61.0. The van der Waals surface area contributed by atoms with Crippen molar-refractivity contribution in [1.82, 2.24) is 0 Å². The fourth-order valence-electron chi connectivity index (χ4n) is 8.07. The molecule has 0 N–H and O–H groups in total. The van der Waals surface area contributed by atoms with Crippen molar-refractivity contribution in [2.75, 3.05) is 13.2 Å². The lowest BCUT2D eigenvalue weighted by Gasteiger charge is -2.18. The lowest BCUT2D eigenvalue weighted by Crippen LogP contribution is -2.30. The van der Waals surface area contributed by atoms with Gasteiger partial charge in [-0.15, -0.1) is 0 Å². The van der Waals surface area contributed by atoms with Crippen LogP contribution in [0, 0.1) is 0 Å². The first-order valence-corrected chi connectivity index (χ1v) is 31.6. The Morgan fingerprint density at radius 3 is 0.734 bits per heavy atom. The summed E-state index contributed by atoms with van der Waals surface area (Å²) in [6.07, 6.45) is 96.4. The molecule has 0 aromatic rings. The van der Waals surface area contributed by atoms with E-state index in [1.807, 2.05) is 0 Å². The summed E-state index contributed by atoms with van der Waals surface area (Å²) in [6.45, 7) is 6.24. The van der Waals surface area contributed by atoms with Gasteiger partial charge < -0.3 is 14.2 Å². The van der Waals surface area contributed by atoms with E-state index >= 15 is 0 Å². The van der Waals surface area contributed by atoms with E-state index in [2.05, 4.69) is 191 Å². The first-order chi connectivity index (χ1) is 39.0. The van der Waals surface area contributed by atoms with Crippen LogP contribution in [0.3, 0.4) is 0 Å². The van der Waals surface area contributed by atoms with Crippen molar-refractivity contribution in [3.05, 3.63) is 170 Å². The van der Waals surface area contributed by atoms with Gasteiger partial charge in [-0.25, -0.2) is 0 Å². The van der Waals surface area contributed by atoms with Gasteiger partial charge in [0.15, 0.2) is 6.10 Å². The van der Waals surface area contributed by atoms with E-state index in [0.717, 1.165) is 167 Å². The molecule has 1 unspecified atom stereocenters. The molecular formula is C73H114O6. The van der Waals surface area contributed by atoms with Crippen LogP contribution >= 0.6 is 0 Å². The molecule has 0 amide bonds. The summed E-state index contributed by atoms with van der Waals surface area (Å²) in [5.41, 5.74) is 0. The predicted octanol–water partition coefficient (Wildman–Crippen LogP) is 21.9. The number of ether oxygens (including phenoxy) is 3. The number of hydrogen-bond acceptors (Lipinski definition) is 6. The molecule has 0 aliphatic heterocycles. The minimum atomic E-state index is -0.822. The summed E-state index contributed by atoms with van der Waals surface area (Å²) >= 11 is 0. The number of rotatable bonds is 55. The Morgan fingerprint density at radius 2 is 0.456 bits per heavy atom. The van der Waals surface area contributed by atoms with Gasteiger partial charge in [-0.3, -0.25) is 14.4 Å². The average molecular weight is 1090 g/mol. The summed E-state index contributed by atoms with van der Waals surface area (Å²) in [6, 6.07) is 0. The molecule has 6 heteroatoms. The Morgan fingerprint density at radius 1 is 0.253 bits per heavy atom. The molecule has 0 rings (SSSR count). The molecule has 1 atom stereocenters. The maximum atomic E-state index is 12.9. The highest BCUT2D eigenvalue weighted by molar-refractivity contribution is 5.71. The Hall–Kier alpha value is -5.23. The first-order valence-electron chi connectivity index (χ1n) is 31.6. The van der Waals surface area contributed by atoms with E-state index in [-0.39, 0.29) is 37.5 Å². The molecular weight excluding hydrogens is 973 g/mol. The van der Waals surface area contributed by atoms with Gasteiger partial charge in [-0.1, -0.05) is 255 Å². The van der Waals surface area contributed by atoms with Gasteiger partial charge in [0.25, 0.3) is 0 Å². The third-order valence-corrected chi connectivity index (χ3v) is 12.7. The van der Waals surface area contributed by atoms with E-state index < -0.39 is 6.10 Å². The minimum Gasteiger partial charge on any atom is -0.462 e. The van der Waals surface area contributed by atoms with Crippen LogP contribution in [0.15, 0.2) is 170 Å². The first kappa shape index (κ1) is 73.8. The van der Waals surface area contributed by atoms with Crippen molar-refractivity contribution in [1.29, 1.82) is 0 Å². The third kappa shape index (κ3) is 63.5. The van der Waals surface area contributed by atoms with Gasteiger partial charge in [0.05, 0.1) is 0 Å². The van der Waals surface area contributed by atoms with Crippen LogP contribution in [0.25, 0.3) is 0 Å². The maximum absolute atomic E-state index is 12.9.